The SMILES string of the molecule is COC(=O)c1cccc(CCl)c1.COC(=O)c1cccc(CSCC(=O)O)c1.O=C(O)CS. The van der Waals surface area contributed by atoms with E-state index in [9.17, 15) is 19.2 Å². The van der Waals surface area contributed by atoms with E-state index in [0.29, 0.717) is 22.8 Å². The first-order valence-electron chi connectivity index (χ1n) is 9.21. The van der Waals surface area contributed by atoms with Crippen LogP contribution in [0.1, 0.15) is 31.8 Å². The van der Waals surface area contributed by atoms with Gasteiger partial charge in [-0.25, -0.2) is 9.59 Å². The van der Waals surface area contributed by atoms with E-state index in [2.05, 4.69) is 22.1 Å². The Labute approximate surface area is 206 Å². The summed E-state index contributed by atoms with van der Waals surface area (Å²) < 4.78 is 9.15. The van der Waals surface area contributed by atoms with E-state index in [1.165, 1.54) is 26.0 Å². The van der Waals surface area contributed by atoms with Gasteiger partial charge in [0.1, 0.15) is 0 Å². The van der Waals surface area contributed by atoms with Gasteiger partial charge in [0.25, 0.3) is 0 Å². The predicted molar refractivity (Wildman–Crippen MR) is 130 cm³/mol. The maximum atomic E-state index is 11.2. The minimum Gasteiger partial charge on any atom is -0.481 e. The lowest BCUT2D eigenvalue weighted by Crippen LogP contribution is -2.02. The molecule has 0 fully saturated rings. The number of aliphatic carboxylic acids is 2. The summed E-state index contributed by atoms with van der Waals surface area (Å²) in [5.74, 6) is -1.49. The zero-order valence-electron chi connectivity index (χ0n) is 18.0. The van der Waals surface area contributed by atoms with Crippen molar-refractivity contribution in [2.45, 2.75) is 11.6 Å². The monoisotopic (exact) mass is 516 g/mol. The van der Waals surface area contributed by atoms with Crippen LogP contribution in [0.2, 0.25) is 0 Å². The molecule has 2 N–H and O–H groups in total. The van der Waals surface area contributed by atoms with E-state index in [-0.39, 0.29) is 23.4 Å². The van der Waals surface area contributed by atoms with Gasteiger partial charge in [0.05, 0.1) is 36.9 Å². The molecule has 0 saturated carbocycles. The molecule has 0 heterocycles. The molecule has 0 amide bonds. The van der Waals surface area contributed by atoms with E-state index in [0.717, 1.165) is 11.1 Å². The largest absolute Gasteiger partial charge is 0.481 e. The Hall–Kier alpha value is -2.69. The molecular formula is C22H25ClO8S2. The molecule has 0 unspecified atom stereocenters. The van der Waals surface area contributed by atoms with Gasteiger partial charge in [0.2, 0.25) is 0 Å². The Kier molecular flexibility index (Phi) is 16.4. The molecule has 0 aromatic heterocycles. The summed E-state index contributed by atoms with van der Waals surface area (Å²) in [4.78, 5) is 41.8. The van der Waals surface area contributed by atoms with Crippen LogP contribution in [0.25, 0.3) is 0 Å². The smallest absolute Gasteiger partial charge is 0.337 e. The Bertz CT molecular complexity index is 921. The van der Waals surface area contributed by atoms with Crippen molar-refractivity contribution in [1.29, 1.82) is 0 Å². The molecule has 2 aromatic rings. The van der Waals surface area contributed by atoms with Crippen LogP contribution < -0.4 is 0 Å². The van der Waals surface area contributed by atoms with Gasteiger partial charge in [0.15, 0.2) is 0 Å². The molecule has 0 spiro atoms. The highest BCUT2D eigenvalue weighted by Gasteiger charge is 2.06. The number of halogens is 1. The molecule has 2 rings (SSSR count). The average Bonchev–Trinajstić information content (AvgIpc) is 2.83. The normalized spacial score (nSPS) is 9.33. The number of hydrogen-bond donors (Lipinski definition) is 3. The lowest BCUT2D eigenvalue weighted by Gasteiger charge is -2.03. The molecule has 11 heteroatoms. The second-order valence-electron chi connectivity index (χ2n) is 5.96. The number of thiol groups is 1. The number of thioether (sulfide) groups is 1. The second kappa shape index (κ2) is 17.8. The highest BCUT2D eigenvalue weighted by molar-refractivity contribution is 7.99. The molecule has 0 aliphatic rings. The number of carbonyl (C=O) groups is 4. The number of carboxylic acid groups (broad SMARTS) is 2. The lowest BCUT2D eigenvalue weighted by atomic mass is 10.1. The maximum absolute atomic E-state index is 11.2. The number of rotatable bonds is 8. The van der Waals surface area contributed by atoms with Gasteiger partial charge >= 0.3 is 23.9 Å². The molecule has 33 heavy (non-hydrogen) atoms. The fourth-order valence-corrected chi connectivity index (χ4v) is 2.92. The van der Waals surface area contributed by atoms with Gasteiger partial charge in [-0.05, 0) is 35.4 Å². The first-order valence-corrected chi connectivity index (χ1v) is 11.5. The number of methoxy groups -OCH3 is 2. The van der Waals surface area contributed by atoms with Crippen LogP contribution >= 0.6 is 36.0 Å². The second-order valence-corrected chi connectivity index (χ2v) is 7.53. The Balaban J connectivity index is 0.000000530. The van der Waals surface area contributed by atoms with Crippen LogP contribution in [-0.4, -0.2) is 59.8 Å². The Morgan fingerprint density at radius 1 is 0.879 bits per heavy atom. The van der Waals surface area contributed by atoms with Crippen molar-refractivity contribution < 1.29 is 38.9 Å². The summed E-state index contributed by atoms with van der Waals surface area (Å²) in [6.07, 6.45) is 0. The number of carbonyl (C=O) groups excluding carboxylic acids is 2. The molecule has 0 saturated heterocycles. The van der Waals surface area contributed by atoms with E-state index in [1.54, 1.807) is 36.4 Å². The third-order valence-corrected chi connectivity index (χ3v) is 5.05. The predicted octanol–water partition coefficient (Wildman–Crippen LogP) is 4.00. The average molecular weight is 517 g/mol. The molecule has 0 atom stereocenters. The van der Waals surface area contributed by atoms with E-state index >= 15 is 0 Å². The zero-order valence-corrected chi connectivity index (χ0v) is 20.5. The standard InChI is InChI=1S/C11H12O4S.C9H9ClO2.C2H4O2S/c1-15-11(14)9-4-2-3-8(5-9)6-16-7-10(12)13;1-12-9(11)8-4-2-3-7(5-8)6-10;3-2(4)1-5/h2-5H,6-7H2,1H3,(H,12,13);2-5H,6H2,1H3;5H,1H2,(H,3,4). The fraction of sp³-hybridized carbons (Fsp3) is 0.273. The van der Waals surface area contributed by atoms with Gasteiger partial charge in [-0.2, -0.15) is 12.6 Å². The number of alkyl halides is 1. The Morgan fingerprint density at radius 2 is 1.33 bits per heavy atom. The summed E-state index contributed by atoms with van der Waals surface area (Å²) >= 11 is 10.3. The summed E-state index contributed by atoms with van der Waals surface area (Å²) in [7, 11) is 2.68. The van der Waals surface area contributed by atoms with Crippen molar-refractivity contribution in [3.05, 3.63) is 70.8 Å². The summed E-state index contributed by atoms with van der Waals surface area (Å²) in [5, 5.41) is 16.1. The summed E-state index contributed by atoms with van der Waals surface area (Å²) in [5.41, 5.74) is 2.85. The van der Waals surface area contributed by atoms with Crippen molar-refractivity contribution in [2.24, 2.45) is 0 Å². The number of ether oxygens (including phenoxy) is 2. The van der Waals surface area contributed by atoms with Crippen LogP contribution in [0.4, 0.5) is 0 Å². The molecule has 0 aliphatic carbocycles. The highest BCUT2D eigenvalue weighted by atomic mass is 35.5. The van der Waals surface area contributed by atoms with Gasteiger partial charge in [0, 0.05) is 11.6 Å². The van der Waals surface area contributed by atoms with Crippen molar-refractivity contribution in [3.63, 3.8) is 0 Å². The number of benzene rings is 2. The molecule has 0 aliphatic heterocycles. The molecule has 2 aromatic carbocycles. The third kappa shape index (κ3) is 14.1. The van der Waals surface area contributed by atoms with Crippen LogP contribution in [0.15, 0.2) is 48.5 Å². The van der Waals surface area contributed by atoms with E-state index in [4.69, 9.17) is 21.8 Å². The number of hydrogen-bond acceptors (Lipinski definition) is 8. The first kappa shape index (κ1) is 30.3. The van der Waals surface area contributed by atoms with Gasteiger partial charge < -0.3 is 19.7 Å². The lowest BCUT2D eigenvalue weighted by molar-refractivity contribution is -0.134. The minimum absolute atomic E-state index is 0.0580. The molecular weight excluding hydrogens is 492 g/mol. The number of carboxylic acids is 2. The van der Waals surface area contributed by atoms with Gasteiger partial charge in [-0.3, -0.25) is 9.59 Å². The molecule has 8 nitrogen and oxygen atoms in total. The van der Waals surface area contributed by atoms with Crippen molar-refractivity contribution in [3.8, 4) is 0 Å². The molecule has 0 bridgehead atoms. The van der Waals surface area contributed by atoms with Gasteiger partial charge in [-0.15, -0.1) is 23.4 Å². The summed E-state index contributed by atoms with van der Waals surface area (Å²) in [6, 6.07) is 14.0. The Morgan fingerprint density at radius 3 is 1.73 bits per heavy atom. The minimum atomic E-state index is -0.881. The quantitative estimate of drug-likeness (QED) is 0.271. The zero-order chi connectivity index (χ0) is 25.2. The van der Waals surface area contributed by atoms with Crippen LogP contribution in [0, 0.1) is 0 Å². The van der Waals surface area contributed by atoms with Crippen molar-refractivity contribution in [1.82, 2.24) is 0 Å². The molecule has 0 radical (unpaired) electrons. The van der Waals surface area contributed by atoms with Crippen LogP contribution in [-0.2, 0) is 30.7 Å². The fourth-order valence-electron chi connectivity index (χ4n) is 2.06. The summed E-state index contributed by atoms with van der Waals surface area (Å²) in [6.45, 7) is 0. The third-order valence-electron chi connectivity index (χ3n) is 3.48. The maximum Gasteiger partial charge on any atom is 0.337 e. The van der Waals surface area contributed by atoms with Crippen LogP contribution in [0.3, 0.4) is 0 Å². The van der Waals surface area contributed by atoms with E-state index in [1.807, 2.05) is 12.1 Å². The highest BCUT2D eigenvalue weighted by Crippen LogP contribution is 2.14. The van der Waals surface area contributed by atoms with Crippen LogP contribution in [0.5, 0.6) is 0 Å². The number of esters is 2. The first-order chi connectivity index (χ1) is 15.7. The van der Waals surface area contributed by atoms with Gasteiger partial charge in [-0.1, -0.05) is 24.3 Å². The molecule has 180 valence electrons. The van der Waals surface area contributed by atoms with Crippen molar-refractivity contribution >= 4 is 59.9 Å². The topological polar surface area (TPSA) is 127 Å². The van der Waals surface area contributed by atoms with Crippen molar-refractivity contribution in [2.75, 3.05) is 25.7 Å². The van der Waals surface area contributed by atoms with E-state index < -0.39 is 11.9 Å².